The Morgan fingerprint density at radius 3 is 2.69 bits per heavy atom. The first-order valence-corrected chi connectivity index (χ1v) is 8.31. The van der Waals surface area contributed by atoms with E-state index in [0.29, 0.717) is 10.8 Å². The summed E-state index contributed by atoms with van der Waals surface area (Å²) in [7, 11) is 1.30. The number of nitrogens with one attached hydrogen (secondary N) is 2. The number of aromatic nitrogens is 2. The number of benzene rings is 2. The van der Waals surface area contributed by atoms with E-state index in [0.717, 1.165) is 16.6 Å². The van der Waals surface area contributed by atoms with E-state index in [1.807, 2.05) is 30.3 Å². The van der Waals surface area contributed by atoms with Gasteiger partial charge in [0, 0.05) is 17.0 Å². The van der Waals surface area contributed by atoms with Crippen LogP contribution >= 0.6 is 11.6 Å². The fourth-order valence-electron chi connectivity index (χ4n) is 2.48. The molecule has 1 aromatic heterocycles. The van der Waals surface area contributed by atoms with Gasteiger partial charge in [-0.3, -0.25) is 10.1 Å². The highest BCUT2D eigenvalue weighted by molar-refractivity contribution is 6.31. The molecule has 2 aromatic carbocycles. The monoisotopic (exact) mass is 372 g/mol. The molecule has 0 bridgehead atoms. The minimum Gasteiger partial charge on any atom is -0.469 e. The highest BCUT2D eigenvalue weighted by atomic mass is 35.5. The predicted molar refractivity (Wildman–Crippen MR) is 99.7 cm³/mol. The number of fused-ring (bicyclic) bond motifs is 1. The molecule has 0 aliphatic heterocycles. The van der Waals surface area contributed by atoms with Gasteiger partial charge in [0.05, 0.1) is 24.7 Å². The lowest BCUT2D eigenvalue weighted by Crippen LogP contribution is -2.31. The van der Waals surface area contributed by atoms with Crippen molar-refractivity contribution in [3.8, 4) is 5.69 Å². The summed E-state index contributed by atoms with van der Waals surface area (Å²) in [5.74, 6) is 0.00911. The van der Waals surface area contributed by atoms with Crippen molar-refractivity contribution in [3.05, 3.63) is 53.6 Å². The molecule has 0 atom stereocenters. The number of carbonyl (C=O) groups excluding carboxylic acids is 2. The SMILES string of the molecule is COC(=O)CCNC(=O)Nc1nn(-c2ccccc2)c2cc(Cl)ccc12. The first-order valence-electron chi connectivity index (χ1n) is 7.94. The van der Waals surface area contributed by atoms with Gasteiger partial charge in [0.2, 0.25) is 0 Å². The molecule has 0 aliphatic carbocycles. The van der Waals surface area contributed by atoms with E-state index in [2.05, 4.69) is 20.5 Å². The van der Waals surface area contributed by atoms with Crippen molar-refractivity contribution in [1.82, 2.24) is 15.1 Å². The highest BCUT2D eigenvalue weighted by Crippen LogP contribution is 2.28. The third-order valence-electron chi connectivity index (χ3n) is 3.72. The zero-order valence-electron chi connectivity index (χ0n) is 14.0. The smallest absolute Gasteiger partial charge is 0.320 e. The van der Waals surface area contributed by atoms with Gasteiger partial charge in [-0.25, -0.2) is 9.48 Å². The molecule has 7 nitrogen and oxygen atoms in total. The van der Waals surface area contributed by atoms with E-state index < -0.39 is 12.0 Å². The number of nitrogens with zero attached hydrogens (tertiary/aromatic N) is 2. The molecule has 3 rings (SSSR count). The number of hydrogen-bond acceptors (Lipinski definition) is 4. The van der Waals surface area contributed by atoms with Gasteiger partial charge in [0.1, 0.15) is 0 Å². The van der Waals surface area contributed by atoms with E-state index in [4.69, 9.17) is 11.6 Å². The molecular formula is C18H17ClN4O3. The summed E-state index contributed by atoms with van der Waals surface area (Å²) in [6, 6.07) is 14.4. The van der Waals surface area contributed by atoms with Crippen molar-refractivity contribution in [1.29, 1.82) is 0 Å². The Morgan fingerprint density at radius 2 is 1.96 bits per heavy atom. The minimum absolute atomic E-state index is 0.0960. The Balaban J connectivity index is 1.85. The Labute approximate surface area is 154 Å². The second kappa shape index (κ2) is 7.88. The number of hydrogen-bond donors (Lipinski definition) is 2. The van der Waals surface area contributed by atoms with Crippen molar-refractivity contribution in [3.63, 3.8) is 0 Å². The number of esters is 1. The van der Waals surface area contributed by atoms with Gasteiger partial charge in [-0.05, 0) is 30.3 Å². The molecule has 0 saturated heterocycles. The Bertz CT molecular complexity index is 940. The molecule has 0 radical (unpaired) electrons. The molecule has 3 aromatic rings. The van der Waals surface area contributed by atoms with Crippen molar-refractivity contribution >= 4 is 40.3 Å². The van der Waals surface area contributed by atoms with Crippen LogP contribution in [-0.4, -0.2) is 35.4 Å². The van der Waals surface area contributed by atoms with Crippen LogP contribution in [-0.2, 0) is 9.53 Å². The zero-order chi connectivity index (χ0) is 18.5. The van der Waals surface area contributed by atoms with Gasteiger partial charge < -0.3 is 10.1 Å². The van der Waals surface area contributed by atoms with Gasteiger partial charge in [0.25, 0.3) is 0 Å². The fraction of sp³-hybridized carbons (Fsp3) is 0.167. The van der Waals surface area contributed by atoms with E-state index in [9.17, 15) is 9.59 Å². The maximum atomic E-state index is 12.1. The summed E-state index contributed by atoms with van der Waals surface area (Å²) < 4.78 is 6.25. The summed E-state index contributed by atoms with van der Waals surface area (Å²) in [5.41, 5.74) is 1.62. The van der Waals surface area contributed by atoms with Gasteiger partial charge in [0.15, 0.2) is 5.82 Å². The third-order valence-corrected chi connectivity index (χ3v) is 3.95. The molecular weight excluding hydrogens is 356 g/mol. The lowest BCUT2D eigenvalue weighted by molar-refractivity contribution is -0.140. The molecule has 0 unspecified atom stereocenters. The average molecular weight is 373 g/mol. The second-order valence-corrected chi connectivity index (χ2v) is 5.90. The molecule has 0 aliphatic rings. The molecule has 8 heteroatoms. The van der Waals surface area contributed by atoms with Gasteiger partial charge >= 0.3 is 12.0 Å². The zero-order valence-corrected chi connectivity index (χ0v) is 14.8. The van der Waals surface area contributed by atoms with Crippen LogP contribution in [0.1, 0.15) is 6.42 Å². The van der Waals surface area contributed by atoms with Gasteiger partial charge in [-0.15, -0.1) is 5.10 Å². The van der Waals surface area contributed by atoms with Crippen LogP contribution in [0.2, 0.25) is 5.02 Å². The number of ether oxygens (including phenoxy) is 1. The number of anilines is 1. The molecule has 0 saturated carbocycles. The van der Waals surface area contributed by atoms with Crippen LogP contribution in [0, 0.1) is 0 Å². The van der Waals surface area contributed by atoms with E-state index in [1.54, 1.807) is 22.9 Å². The summed E-state index contributed by atoms with van der Waals surface area (Å²) in [5, 5.41) is 11.1. The van der Waals surface area contributed by atoms with Crippen LogP contribution in [0.15, 0.2) is 48.5 Å². The second-order valence-electron chi connectivity index (χ2n) is 5.46. The number of halogens is 1. The Kier molecular flexibility index (Phi) is 5.38. The van der Waals surface area contributed by atoms with Crippen LogP contribution < -0.4 is 10.6 Å². The number of rotatable bonds is 5. The van der Waals surface area contributed by atoms with Crippen molar-refractivity contribution in [2.75, 3.05) is 19.0 Å². The summed E-state index contributed by atoms with van der Waals surface area (Å²) in [6.45, 7) is 0.168. The number of urea groups is 1. The number of methoxy groups -OCH3 is 1. The number of para-hydroxylation sites is 1. The summed E-state index contributed by atoms with van der Waals surface area (Å²) >= 11 is 6.12. The van der Waals surface area contributed by atoms with Gasteiger partial charge in [-0.2, -0.15) is 0 Å². The van der Waals surface area contributed by atoms with E-state index >= 15 is 0 Å². The van der Waals surface area contributed by atoms with Crippen molar-refractivity contribution in [2.45, 2.75) is 6.42 Å². The molecule has 2 amide bonds. The summed E-state index contributed by atoms with van der Waals surface area (Å²) in [6.07, 6.45) is 0.0960. The third kappa shape index (κ3) is 3.94. The molecule has 134 valence electrons. The minimum atomic E-state index is -0.455. The number of amides is 2. The summed E-state index contributed by atoms with van der Waals surface area (Å²) in [4.78, 5) is 23.2. The average Bonchev–Trinajstić information content (AvgIpc) is 2.99. The van der Waals surface area contributed by atoms with Crippen LogP contribution in [0.25, 0.3) is 16.6 Å². The van der Waals surface area contributed by atoms with Gasteiger partial charge in [-0.1, -0.05) is 29.8 Å². The lowest BCUT2D eigenvalue weighted by Gasteiger charge is -2.05. The molecule has 1 heterocycles. The Morgan fingerprint density at radius 1 is 1.19 bits per heavy atom. The Hall–Kier alpha value is -3.06. The first kappa shape index (κ1) is 17.8. The fourth-order valence-corrected chi connectivity index (χ4v) is 2.64. The van der Waals surface area contributed by atoms with E-state index in [-0.39, 0.29) is 13.0 Å². The van der Waals surface area contributed by atoms with Crippen molar-refractivity contribution < 1.29 is 14.3 Å². The standard InChI is InChI=1S/C18H17ClN4O3/c1-26-16(24)9-10-20-18(25)21-17-14-8-7-12(19)11-15(14)23(22-17)13-5-3-2-4-6-13/h2-8,11H,9-10H2,1H3,(H2,20,21,22,25). The van der Waals surface area contributed by atoms with Crippen LogP contribution in [0.3, 0.4) is 0 Å². The van der Waals surface area contributed by atoms with Crippen LogP contribution in [0.5, 0.6) is 0 Å². The maximum absolute atomic E-state index is 12.1. The molecule has 26 heavy (non-hydrogen) atoms. The van der Waals surface area contributed by atoms with Crippen LogP contribution in [0.4, 0.5) is 10.6 Å². The van der Waals surface area contributed by atoms with E-state index in [1.165, 1.54) is 7.11 Å². The normalized spacial score (nSPS) is 10.5. The highest BCUT2D eigenvalue weighted by Gasteiger charge is 2.14. The molecule has 2 N–H and O–H groups in total. The lowest BCUT2D eigenvalue weighted by atomic mass is 10.2. The predicted octanol–water partition coefficient (Wildman–Crippen LogP) is 3.36. The molecule has 0 spiro atoms. The largest absolute Gasteiger partial charge is 0.469 e. The molecule has 0 fully saturated rings. The topological polar surface area (TPSA) is 85.2 Å². The van der Waals surface area contributed by atoms with Crippen molar-refractivity contribution in [2.24, 2.45) is 0 Å². The maximum Gasteiger partial charge on any atom is 0.320 e. The first-order chi connectivity index (χ1) is 12.6. The number of carbonyl (C=O) groups is 2. The quantitative estimate of drug-likeness (QED) is 0.672.